The molecule has 0 saturated carbocycles. The summed E-state index contributed by atoms with van der Waals surface area (Å²) in [6.45, 7) is 5.75. The maximum Gasteiger partial charge on any atom is 0.0852 e. The molecule has 0 heterocycles. The van der Waals surface area contributed by atoms with E-state index in [9.17, 15) is 10.2 Å². The zero-order valence-electron chi connectivity index (χ0n) is 8.04. The molecule has 1 aliphatic rings. The van der Waals surface area contributed by atoms with Crippen LogP contribution in [0.1, 0.15) is 33.6 Å². The fourth-order valence-electron chi connectivity index (χ4n) is 1.42. The van der Waals surface area contributed by atoms with Crippen LogP contribution in [-0.2, 0) is 0 Å². The topological polar surface area (TPSA) is 40.5 Å². The molecule has 0 saturated heterocycles. The SMILES string of the molecule is CC(C)[C@@]1(O)C=C[C@](C)(O)CC1. The van der Waals surface area contributed by atoms with Crippen molar-refractivity contribution in [3.8, 4) is 0 Å². The van der Waals surface area contributed by atoms with E-state index in [1.165, 1.54) is 0 Å². The fraction of sp³-hybridized carbons (Fsp3) is 0.800. The zero-order chi connectivity index (χ0) is 9.41. The van der Waals surface area contributed by atoms with Crippen LogP contribution in [0.3, 0.4) is 0 Å². The van der Waals surface area contributed by atoms with Gasteiger partial charge in [-0.25, -0.2) is 0 Å². The fourth-order valence-corrected chi connectivity index (χ4v) is 1.42. The van der Waals surface area contributed by atoms with Crippen LogP contribution >= 0.6 is 0 Å². The molecule has 2 nitrogen and oxygen atoms in total. The lowest BCUT2D eigenvalue weighted by atomic mass is 9.77. The van der Waals surface area contributed by atoms with Gasteiger partial charge in [0.1, 0.15) is 0 Å². The Balaban J connectivity index is 2.77. The number of aliphatic hydroxyl groups is 2. The molecule has 70 valence electrons. The van der Waals surface area contributed by atoms with Gasteiger partial charge in [0.05, 0.1) is 11.2 Å². The van der Waals surface area contributed by atoms with Crippen LogP contribution in [0.2, 0.25) is 0 Å². The Hall–Kier alpha value is -0.340. The van der Waals surface area contributed by atoms with E-state index in [4.69, 9.17) is 0 Å². The van der Waals surface area contributed by atoms with E-state index in [0.717, 1.165) is 0 Å². The molecule has 12 heavy (non-hydrogen) atoms. The van der Waals surface area contributed by atoms with Gasteiger partial charge in [0.25, 0.3) is 0 Å². The van der Waals surface area contributed by atoms with E-state index in [1.54, 1.807) is 19.1 Å². The largest absolute Gasteiger partial charge is 0.386 e. The molecule has 0 unspecified atom stereocenters. The van der Waals surface area contributed by atoms with Gasteiger partial charge >= 0.3 is 0 Å². The monoisotopic (exact) mass is 170 g/mol. The Morgan fingerprint density at radius 1 is 1.17 bits per heavy atom. The predicted molar refractivity (Wildman–Crippen MR) is 48.8 cm³/mol. The highest BCUT2D eigenvalue weighted by atomic mass is 16.3. The molecule has 0 bridgehead atoms. The van der Waals surface area contributed by atoms with Crippen LogP contribution in [0.15, 0.2) is 12.2 Å². The molecule has 0 aliphatic heterocycles. The Kier molecular flexibility index (Phi) is 2.32. The summed E-state index contributed by atoms with van der Waals surface area (Å²) in [7, 11) is 0. The van der Waals surface area contributed by atoms with Crippen molar-refractivity contribution in [3.63, 3.8) is 0 Å². The summed E-state index contributed by atoms with van der Waals surface area (Å²) < 4.78 is 0. The predicted octanol–water partition coefficient (Wildman–Crippen LogP) is 1.47. The molecule has 2 atom stereocenters. The van der Waals surface area contributed by atoms with E-state index >= 15 is 0 Å². The van der Waals surface area contributed by atoms with Crippen molar-refractivity contribution in [1.82, 2.24) is 0 Å². The van der Waals surface area contributed by atoms with Crippen LogP contribution in [0, 0.1) is 5.92 Å². The third-order valence-electron chi connectivity index (χ3n) is 2.76. The Morgan fingerprint density at radius 2 is 1.75 bits per heavy atom. The summed E-state index contributed by atoms with van der Waals surface area (Å²) in [6.07, 6.45) is 4.73. The first-order valence-electron chi connectivity index (χ1n) is 4.51. The molecule has 2 heteroatoms. The number of hydrogen-bond donors (Lipinski definition) is 2. The van der Waals surface area contributed by atoms with Gasteiger partial charge in [-0.05, 0) is 25.7 Å². The van der Waals surface area contributed by atoms with Crippen molar-refractivity contribution in [3.05, 3.63) is 12.2 Å². The maximum absolute atomic E-state index is 9.98. The van der Waals surface area contributed by atoms with Gasteiger partial charge in [0.2, 0.25) is 0 Å². The molecule has 0 aromatic carbocycles. The highest BCUT2D eigenvalue weighted by Crippen LogP contribution is 2.33. The van der Waals surface area contributed by atoms with Gasteiger partial charge in [0, 0.05) is 0 Å². The second-order valence-electron chi connectivity index (χ2n) is 4.34. The second kappa shape index (κ2) is 2.86. The highest BCUT2D eigenvalue weighted by Gasteiger charge is 2.35. The van der Waals surface area contributed by atoms with Crippen LogP contribution in [0.5, 0.6) is 0 Å². The molecule has 1 rings (SSSR count). The minimum absolute atomic E-state index is 0.213. The van der Waals surface area contributed by atoms with Gasteiger partial charge < -0.3 is 10.2 Å². The van der Waals surface area contributed by atoms with Gasteiger partial charge in [-0.2, -0.15) is 0 Å². The molecule has 0 fully saturated rings. The van der Waals surface area contributed by atoms with Crippen molar-refractivity contribution in [2.45, 2.75) is 44.8 Å². The average molecular weight is 170 g/mol. The van der Waals surface area contributed by atoms with Crippen LogP contribution < -0.4 is 0 Å². The van der Waals surface area contributed by atoms with Crippen LogP contribution in [-0.4, -0.2) is 21.4 Å². The third-order valence-corrected chi connectivity index (χ3v) is 2.76. The minimum Gasteiger partial charge on any atom is -0.386 e. The third kappa shape index (κ3) is 1.87. The van der Waals surface area contributed by atoms with Crippen molar-refractivity contribution in [2.24, 2.45) is 5.92 Å². The second-order valence-corrected chi connectivity index (χ2v) is 4.34. The van der Waals surface area contributed by atoms with Crippen LogP contribution in [0.4, 0.5) is 0 Å². The molecule has 0 amide bonds. The first-order valence-corrected chi connectivity index (χ1v) is 4.51. The van der Waals surface area contributed by atoms with Crippen molar-refractivity contribution < 1.29 is 10.2 Å². The first-order chi connectivity index (χ1) is 5.36. The Morgan fingerprint density at radius 3 is 2.08 bits per heavy atom. The lowest BCUT2D eigenvalue weighted by Gasteiger charge is -2.36. The lowest BCUT2D eigenvalue weighted by Crippen LogP contribution is -2.40. The summed E-state index contributed by atoms with van der Waals surface area (Å²) in [6, 6.07) is 0. The first kappa shape index (κ1) is 9.75. The smallest absolute Gasteiger partial charge is 0.0852 e. The van der Waals surface area contributed by atoms with E-state index in [1.807, 2.05) is 13.8 Å². The molecule has 0 aromatic heterocycles. The summed E-state index contributed by atoms with van der Waals surface area (Å²) in [5.41, 5.74) is -1.43. The Labute approximate surface area is 73.9 Å². The zero-order valence-corrected chi connectivity index (χ0v) is 8.04. The van der Waals surface area contributed by atoms with E-state index in [-0.39, 0.29) is 5.92 Å². The van der Waals surface area contributed by atoms with Crippen molar-refractivity contribution in [1.29, 1.82) is 0 Å². The molecular formula is C10H18O2. The molecule has 0 radical (unpaired) electrons. The maximum atomic E-state index is 9.98. The molecule has 0 aromatic rings. The molecular weight excluding hydrogens is 152 g/mol. The molecule has 2 N–H and O–H groups in total. The van der Waals surface area contributed by atoms with E-state index in [2.05, 4.69) is 0 Å². The summed E-state index contributed by atoms with van der Waals surface area (Å²) in [5, 5.41) is 19.6. The van der Waals surface area contributed by atoms with Gasteiger partial charge in [-0.15, -0.1) is 0 Å². The lowest BCUT2D eigenvalue weighted by molar-refractivity contribution is -0.00853. The van der Waals surface area contributed by atoms with Gasteiger partial charge in [-0.3, -0.25) is 0 Å². The van der Waals surface area contributed by atoms with Crippen LogP contribution in [0.25, 0.3) is 0 Å². The summed E-state index contributed by atoms with van der Waals surface area (Å²) in [5.74, 6) is 0.213. The van der Waals surface area contributed by atoms with Crippen molar-refractivity contribution >= 4 is 0 Å². The molecule has 0 spiro atoms. The standard InChI is InChI=1S/C10H18O2/c1-8(2)10(12)6-4-9(3,11)5-7-10/h4,6,8,11-12H,5,7H2,1-3H3/t9-,10+/m0/s1. The quantitative estimate of drug-likeness (QED) is 0.585. The van der Waals surface area contributed by atoms with E-state index in [0.29, 0.717) is 12.8 Å². The minimum atomic E-state index is -0.721. The summed E-state index contributed by atoms with van der Waals surface area (Å²) >= 11 is 0. The van der Waals surface area contributed by atoms with Crippen molar-refractivity contribution in [2.75, 3.05) is 0 Å². The normalized spacial score (nSPS) is 42.2. The molecule has 1 aliphatic carbocycles. The van der Waals surface area contributed by atoms with Gasteiger partial charge in [0.15, 0.2) is 0 Å². The summed E-state index contributed by atoms with van der Waals surface area (Å²) in [4.78, 5) is 0. The number of rotatable bonds is 1. The number of hydrogen-bond acceptors (Lipinski definition) is 2. The van der Waals surface area contributed by atoms with E-state index < -0.39 is 11.2 Å². The Bertz CT molecular complexity index is 194. The average Bonchev–Trinajstić information content (AvgIpc) is 1.96. The highest BCUT2D eigenvalue weighted by molar-refractivity contribution is 5.14. The van der Waals surface area contributed by atoms with Gasteiger partial charge in [-0.1, -0.05) is 26.0 Å².